The molecule has 0 aliphatic heterocycles. The Morgan fingerprint density at radius 1 is 1.69 bits per heavy atom. The molecule has 88 valence electrons. The fraction of sp³-hybridized carbons (Fsp3) is 0.444. The van der Waals surface area contributed by atoms with Gasteiger partial charge in [-0.25, -0.2) is 4.98 Å². The monoisotopic (exact) mass is 246 g/mol. The van der Waals surface area contributed by atoms with E-state index in [9.17, 15) is 10.1 Å². The first-order chi connectivity index (χ1) is 7.54. The highest BCUT2D eigenvalue weighted by atomic mass is 35.5. The van der Waals surface area contributed by atoms with E-state index in [4.69, 9.17) is 21.1 Å². The van der Waals surface area contributed by atoms with Crippen LogP contribution in [0.5, 0.6) is 5.75 Å². The molecule has 0 aromatic carbocycles. The third-order valence-electron chi connectivity index (χ3n) is 1.74. The van der Waals surface area contributed by atoms with Crippen molar-refractivity contribution in [2.75, 3.05) is 13.7 Å². The van der Waals surface area contributed by atoms with Gasteiger partial charge in [0.15, 0.2) is 0 Å². The lowest BCUT2D eigenvalue weighted by molar-refractivity contribution is -0.386. The lowest BCUT2D eigenvalue weighted by Gasteiger charge is -2.13. The summed E-state index contributed by atoms with van der Waals surface area (Å²) in [6.45, 7) is 2.07. The molecule has 0 aliphatic rings. The van der Waals surface area contributed by atoms with E-state index in [1.165, 1.54) is 13.2 Å². The molecule has 1 atom stereocenters. The zero-order chi connectivity index (χ0) is 12.1. The molecule has 7 heteroatoms. The van der Waals surface area contributed by atoms with Crippen LogP contribution in [0.15, 0.2) is 12.3 Å². The zero-order valence-electron chi connectivity index (χ0n) is 8.84. The summed E-state index contributed by atoms with van der Waals surface area (Å²) in [6, 6.07) is 1.31. The van der Waals surface area contributed by atoms with E-state index in [2.05, 4.69) is 4.98 Å². The average Bonchev–Trinajstić information content (AvgIpc) is 2.17. The molecule has 6 nitrogen and oxygen atoms in total. The second-order valence-electron chi connectivity index (χ2n) is 3.12. The number of aromatic nitrogens is 1. The van der Waals surface area contributed by atoms with Crippen LogP contribution in [-0.4, -0.2) is 29.7 Å². The van der Waals surface area contributed by atoms with Gasteiger partial charge in [0.25, 0.3) is 0 Å². The third kappa shape index (κ3) is 3.32. The molecule has 0 saturated carbocycles. The van der Waals surface area contributed by atoms with Crippen LogP contribution in [-0.2, 0) is 4.74 Å². The lowest BCUT2D eigenvalue weighted by atomic mass is 10.3. The predicted molar refractivity (Wildman–Crippen MR) is 57.9 cm³/mol. The van der Waals surface area contributed by atoms with Crippen molar-refractivity contribution in [1.82, 2.24) is 4.98 Å². The zero-order valence-corrected chi connectivity index (χ0v) is 9.60. The van der Waals surface area contributed by atoms with E-state index >= 15 is 0 Å². The van der Waals surface area contributed by atoms with Crippen LogP contribution in [0.2, 0.25) is 5.15 Å². The molecule has 0 N–H and O–H groups in total. The SMILES string of the molecule is COC[C@H](C)Oc1cc(Cl)ncc1[N+](=O)[O-]. The van der Waals surface area contributed by atoms with Gasteiger partial charge in [0.2, 0.25) is 5.75 Å². The van der Waals surface area contributed by atoms with Crippen molar-refractivity contribution in [3.8, 4) is 5.75 Å². The van der Waals surface area contributed by atoms with Crippen molar-refractivity contribution in [3.63, 3.8) is 0 Å². The normalized spacial score (nSPS) is 12.2. The summed E-state index contributed by atoms with van der Waals surface area (Å²) in [5.41, 5.74) is -0.215. The minimum Gasteiger partial charge on any atom is -0.481 e. The average molecular weight is 247 g/mol. The van der Waals surface area contributed by atoms with Crippen molar-refractivity contribution in [2.45, 2.75) is 13.0 Å². The van der Waals surface area contributed by atoms with Crippen LogP contribution in [0.3, 0.4) is 0 Å². The second-order valence-corrected chi connectivity index (χ2v) is 3.50. The van der Waals surface area contributed by atoms with Crippen molar-refractivity contribution < 1.29 is 14.4 Å². The molecule has 0 fully saturated rings. The first kappa shape index (κ1) is 12.7. The molecular formula is C9H11ClN2O4. The highest BCUT2D eigenvalue weighted by Crippen LogP contribution is 2.28. The molecular weight excluding hydrogens is 236 g/mol. The maximum absolute atomic E-state index is 10.7. The molecule has 0 spiro atoms. The van der Waals surface area contributed by atoms with Crippen LogP contribution in [0.1, 0.15) is 6.92 Å². The van der Waals surface area contributed by atoms with Gasteiger partial charge in [-0.05, 0) is 6.92 Å². The summed E-state index contributed by atoms with van der Waals surface area (Å²) in [5, 5.41) is 10.8. The number of hydrogen-bond donors (Lipinski definition) is 0. The first-order valence-corrected chi connectivity index (χ1v) is 4.88. The fourth-order valence-corrected chi connectivity index (χ4v) is 1.27. The highest BCUT2D eigenvalue weighted by Gasteiger charge is 2.18. The summed E-state index contributed by atoms with van der Waals surface area (Å²) >= 11 is 5.64. The molecule has 1 aromatic heterocycles. The molecule has 1 aromatic rings. The maximum Gasteiger partial charge on any atom is 0.329 e. The Kier molecular flexibility index (Phi) is 4.45. The quantitative estimate of drug-likeness (QED) is 0.452. The predicted octanol–water partition coefficient (Wildman–Crippen LogP) is 2.06. The van der Waals surface area contributed by atoms with E-state index in [0.717, 1.165) is 6.20 Å². The number of nitrogens with zero attached hydrogens (tertiary/aromatic N) is 2. The molecule has 0 radical (unpaired) electrons. The summed E-state index contributed by atoms with van der Waals surface area (Å²) in [5.74, 6) is 0.0922. The fourth-order valence-electron chi connectivity index (χ4n) is 1.12. The molecule has 16 heavy (non-hydrogen) atoms. The number of nitro groups is 1. The van der Waals surface area contributed by atoms with Crippen molar-refractivity contribution in [1.29, 1.82) is 0 Å². The standard InChI is InChI=1S/C9H11ClN2O4/c1-6(5-15-2)16-8-3-9(10)11-4-7(8)12(13)14/h3-4,6H,5H2,1-2H3/t6-/m0/s1. The van der Waals surface area contributed by atoms with Gasteiger partial charge < -0.3 is 9.47 Å². The Bertz CT molecular complexity index is 386. The Hall–Kier alpha value is -1.40. The molecule has 0 amide bonds. The summed E-state index contributed by atoms with van der Waals surface area (Å²) in [4.78, 5) is 13.7. The molecule has 1 heterocycles. The minimum atomic E-state index is -0.571. The largest absolute Gasteiger partial charge is 0.481 e. The van der Waals surface area contributed by atoms with Crippen molar-refractivity contribution in [3.05, 3.63) is 27.5 Å². The van der Waals surface area contributed by atoms with Crippen LogP contribution >= 0.6 is 11.6 Å². The number of rotatable bonds is 5. The van der Waals surface area contributed by atoms with E-state index in [1.54, 1.807) is 6.92 Å². The van der Waals surface area contributed by atoms with Gasteiger partial charge in [0, 0.05) is 13.2 Å². The van der Waals surface area contributed by atoms with Crippen LogP contribution in [0.25, 0.3) is 0 Å². The number of methoxy groups -OCH3 is 1. The number of pyridine rings is 1. The molecule has 0 bridgehead atoms. The summed E-state index contributed by atoms with van der Waals surface area (Å²) < 4.78 is 10.2. The van der Waals surface area contributed by atoms with E-state index in [-0.39, 0.29) is 22.7 Å². The lowest BCUT2D eigenvalue weighted by Crippen LogP contribution is -2.18. The Morgan fingerprint density at radius 2 is 2.38 bits per heavy atom. The smallest absolute Gasteiger partial charge is 0.329 e. The number of halogens is 1. The van der Waals surface area contributed by atoms with Gasteiger partial charge in [-0.2, -0.15) is 0 Å². The summed E-state index contributed by atoms with van der Waals surface area (Å²) in [7, 11) is 1.52. The van der Waals surface area contributed by atoms with Crippen LogP contribution in [0, 0.1) is 10.1 Å². The van der Waals surface area contributed by atoms with Gasteiger partial charge in [-0.1, -0.05) is 11.6 Å². The van der Waals surface area contributed by atoms with E-state index in [1.807, 2.05) is 0 Å². The topological polar surface area (TPSA) is 74.5 Å². The Labute approximate surface area is 97.3 Å². The molecule has 0 aliphatic carbocycles. The number of ether oxygens (including phenoxy) is 2. The second kappa shape index (κ2) is 5.62. The Morgan fingerprint density at radius 3 is 2.94 bits per heavy atom. The van der Waals surface area contributed by atoms with Gasteiger partial charge >= 0.3 is 5.69 Å². The van der Waals surface area contributed by atoms with E-state index < -0.39 is 4.92 Å². The first-order valence-electron chi connectivity index (χ1n) is 4.50. The maximum atomic E-state index is 10.7. The molecule has 0 saturated heterocycles. The van der Waals surface area contributed by atoms with Gasteiger partial charge in [-0.15, -0.1) is 0 Å². The molecule has 0 unspecified atom stereocenters. The summed E-state index contributed by atoms with van der Waals surface area (Å²) in [6.07, 6.45) is 0.763. The minimum absolute atomic E-state index is 0.0922. The van der Waals surface area contributed by atoms with Gasteiger partial charge in [-0.3, -0.25) is 10.1 Å². The van der Waals surface area contributed by atoms with Crippen molar-refractivity contribution in [2.24, 2.45) is 0 Å². The van der Waals surface area contributed by atoms with Crippen molar-refractivity contribution >= 4 is 17.3 Å². The van der Waals surface area contributed by atoms with E-state index in [0.29, 0.717) is 6.61 Å². The van der Waals surface area contributed by atoms with Gasteiger partial charge in [0.05, 0.1) is 11.5 Å². The van der Waals surface area contributed by atoms with Gasteiger partial charge in [0.1, 0.15) is 17.5 Å². The third-order valence-corrected chi connectivity index (χ3v) is 1.95. The Balaban J connectivity index is 2.92. The number of hydrogen-bond acceptors (Lipinski definition) is 5. The van der Waals surface area contributed by atoms with Crippen LogP contribution in [0.4, 0.5) is 5.69 Å². The molecule has 1 rings (SSSR count). The highest BCUT2D eigenvalue weighted by molar-refractivity contribution is 6.29. The van der Waals surface area contributed by atoms with Crippen LogP contribution < -0.4 is 4.74 Å².